The summed E-state index contributed by atoms with van der Waals surface area (Å²) < 4.78 is 0. The van der Waals surface area contributed by atoms with Gasteiger partial charge in [-0.2, -0.15) is 0 Å². The van der Waals surface area contributed by atoms with Gasteiger partial charge in [-0.15, -0.1) is 0 Å². The Morgan fingerprint density at radius 3 is 2.14 bits per heavy atom. The molecule has 80 valence electrons. The third-order valence-electron chi connectivity index (χ3n) is 4.38. The Labute approximate surface area is 86.3 Å². The van der Waals surface area contributed by atoms with Crippen LogP contribution in [0.3, 0.4) is 0 Å². The van der Waals surface area contributed by atoms with Crippen molar-refractivity contribution in [2.45, 2.75) is 50.5 Å². The van der Waals surface area contributed by atoms with E-state index in [0.29, 0.717) is 0 Å². The maximum Gasteiger partial charge on any atom is 0.0774 e. The van der Waals surface area contributed by atoms with Gasteiger partial charge in [0.2, 0.25) is 0 Å². The highest BCUT2D eigenvalue weighted by Gasteiger charge is 2.53. The van der Waals surface area contributed by atoms with E-state index in [1.807, 2.05) is 0 Å². The number of nitrogens with zero attached hydrogens (tertiary/aromatic N) is 1. The lowest BCUT2D eigenvalue weighted by Crippen LogP contribution is -2.55. The summed E-state index contributed by atoms with van der Waals surface area (Å²) in [5.41, 5.74) is 0.416. The highest BCUT2D eigenvalue weighted by molar-refractivity contribution is 5.06. The third kappa shape index (κ3) is 1.59. The van der Waals surface area contributed by atoms with Gasteiger partial charge in [-0.3, -0.25) is 4.90 Å². The second-order valence-corrected chi connectivity index (χ2v) is 5.93. The zero-order chi connectivity index (χ0) is 9.65. The van der Waals surface area contributed by atoms with Gasteiger partial charge in [-0.25, -0.2) is 0 Å². The van der Waals surface area contributed by atoms with E-state index in [0.717, 1.165) is 24.8 Å². The predicted molar refractivity (Wildman–Crippen MR) is 56.1 cm³/mol. The fraction of sp³-hybridized carbons (Fsp3) is 1.00. The van der Waals surface area contributed by atoms with E-state index in [-0.39, 0.29) is 5.60 Å². The summed E-state index contributed by atoms with van der Waals surface area (Å²) in [7, 11) is 0. The van der Waals surface area contributed by atoms with Crippen LogP contribution in [0.2, 0.25) is 0 Å². The van der Waals surface area contributed by atoms with Crippen LogP contribution in [0.15, 0.2) is 0 Å². The summed E-state index contributed by atoms with van der Waals surface area (Å²) in [6.45, 7) is 3.50. The Morgan fingerprint density at radius 1 is 0.929 bits per heavy atom. The van der Waals surface area contributed by atoms with Crippen LogP contribution >= 0.6 is 0 Å². The van der Waals surface area contributed by atoms with Crippen molar-refractivity contribution in [3.8, 4) is 0 Å². The third-order valence-corrected chi connectivity index (χ3v) is 4.38. The minimum atomic E-state index is -0.325. The van der Waals surface area contributed by atoms with Crippen molar-refractivity contribution in [3.05, 3.63) is 0 Å². The van der Waals surface area contributed by atoms with Crippen molar-refractivity contribution in [1.29, 1.82) is 0 Å². The number of hydrogen-bond acceptors (Lipinski definition) is 2. The molecular formula is C12H21NO. The molecule has 0 bridgehead atoms. The van der Waals surface area contributed by atoms with Crippen LogP contribution in [0.4, 0.5) is 0 Å². The fourth-order valence-electron chi connectivity index (χ4n) is 3.29. The Morgan fingerprint density at radius 2 is 1.57 bits per heavy atom. The number of β-amino-alcohol motifs (C(OH)–C–C–N with tert-alkyl or cyclic N) is 1. The standard InChI is InChI=1S/C12H21NO/c14-12(4-2-1-3-5-12)10-13-8-11(9-13)6-7-11/h14H,1-10H2. The number of rotatable bonds is 2. The fourth-order valence-corrected chi connectivity index (χ4v) is 3.29. The second kappa shape index (κ2) is 2.96. The molecular weight excluding hydrogens is 174 g/mol. The molecule has 1 spiro atoms. The molecule has 1 aliphatic heterocycles. The maximum absolute atomic E-state index is 10.4. The van der Waals surface area contributed by atoms with Crippen LogP contribution in [0.5, 0.6) is 0 Å². The molecule has 3 rings (SSSR count). The van der Waals surface area contributed by atoms with E-state index < -0.39 is 0 Å². The molecule has 1 saturated heterocycles. The van der Waals surface area contributed by atoms with Crippen molar-refractivity contribution in [1.82, 2.24) is 4.90 Å². The van der Waals surface area contributed by atoms with Crippen LogP contribution in [-0.4, -0.2) is 35.2 Å². The van der Waals surface area contributed by atoms with E-state index >= 15 is 0 Å². The molecule has 1 N–H and O–H groups in total. The van der Waals surface area contributed by atoms with Gasteiger partial charge < -0.3 is 5.11 Å². The first-order valence-corrected chi connectivity index (χ1v) is 6.15. The van der Waals surface area contributed by atoms with Gasteiger partial charge in [0.1, 0.15) is 0 Å². The zero-order valence-corrected chi connectivity index (χ0v) is 8.97. The first-order valence-electron chi connectivity index (χ1n) is 6.15. The zero-order valence-electron chi connectivity index (χ0n) is 8.97. The number of hydrogen-bond donors (Lipinski definition) is 1. The first kappa shape index (κ1) is 9.17. The van der Waals surface area contributed by atoms with Crippen LogP contribution < -0.4 is 0 Å². The minimum absolute atomic E-state index is 0.325. The van der Waals surface area contributed by atoms with Gasteiger partial charge in [-0.05, 0) is 31.1 Å². The maximum atomic E-state index is 10.4. The minimum Gasteiger partial charge on any atom is -0.389 e. The molecule has 0 aromatic heterocycles. The van der Waals surface area contributed by atoms with Gasteiger partial charge >= 0.3 is 0 Å². The summed E-state index contributed by atoms with van der Waals surface area (Å²) in [4.78, 5) is 2.47. The lowest BCUT2D eigenvalue weighted by Gasteiger charge is -2.45. The number of aliphatic hydroxyl groups is 1. The van der Waals surface area contributed by atoms with Gasteiger partial charge in [0.25, 0.3) is 0 Å². The van der Waals surface area contributed by atoms with Gasteiger partial charge in [0.05, 0.1) is 5.60 Å². The SMILES string of the molecule is OC1(CN2CC3(CC3)C2)CCCCC1. The molecule has 2 aliphatic carbocycles. The molecule has 2 saturated carbocycles. The molecule has 2 heteroatoms. The quantitative estimate of drug-likeness (QED) is 0.726. The average molecular weight is 195 g/mol. The van der Waals surface area contributed by atoms with Crippen LogP contribution in [0.25, 0.3) is 0 Å². The lowest BCUT2D eigenvalue weighted by molar-refractivity contribution is -0.0579. The summed E-state index contributed by atoms with van der Waals surface area (Å²) >= 11 is 0. The van der Waals surface area contributed by atoms with E-state index in [1.165, 1.54) is 45.2 Å². The van der Waals surface area contributed by atoms with Crippen LogP contribution in [-0.2, 0) is 0 Å². The summed E-state index contributed by atoms with van der Waals surface area (Å²) in [5.74, 6) is 0. The monoisotopic (exact) mass is 195 g/mol. The smallest absolute Gasteiger partial charge is 0.0774 e. The molecule has 0 atom stereocenters. The predicted octanol–water partition coefficient (Wildman–Crippen LogP) is 1.78. The molecule has 14 heavy (non-hydrogen) atoms. The first-order chi connectivity index (χ1) is 6.70. The van der Waals surface area contributed by atoms with Gasteiger partial charge in [-0.1, -0.05) is 19.3 Å². The largest absolute Gasteiger partial charge is 0.389 e. The van der Waals surface area contributed by atoms with Crippen LogP contribution in [0, 0.1) is 5.41 Å². The van der Waals surface area contributed by atoms with Crippen molar-refractivity contribution in [2.75, 3.05) is 19.6 Å². The summed E-state index contributed by atoms with van der Waals surface area (Å²) in [6, 6.07) is 0. The molecule has 0 unspecified atom stereocenters. The van der Waals surface area contributed by atoms with E-state index in [1.54, 1.807) is 0 Å². The molecule has 0 aromatic rings. The van der Waals surface area contributed by atoms with Gasteiger partial charge in [0.15, 0.2) is 0 Å². The molecule has 0 aromatic carbocycles. The normalized spacial score (nSPS) is 34.1. The van der Waals surface area contributed by atoms with E-state index in [9.17, 15) is 5.11 Å². The Hall–Kier alpha value is -0.0800. The highest BCUT2D eigenvalue weighted by Crippen LogP contribution is 2.53. The molecule has 3 fully saturated rings. The Bertz CT molecular complexity index is 220. The van der Waals surface area contributed by atoms with Crippen molar-refractivity contribution >= 4 is 0 Å². The van der Waals surface area contributed by atoms with Crippen molar-refractivity contribution in [3.63, 3.8) is 0 Å². The second-order valence-electron chi connectivity index (χ2n) is 5.93. The molecule has 2 nitrogen and oxygen atoms in total. The lowest BCUT2D eigenvalue weighted by atomic mass is 9.83. The Kier molecular flexibility index (Phi) is 1.94. The Balaban J connectivity index is 1.51. The highest BCUT2D eigenvalue weighted by atomic mass is 16.3. The molecule has 0 radical (unpaired) electrons. The van der Waals surface area contributed by atoms with Crippen LogP contribution in [0.1, 0.15) is 44.9 Å². The van der Waals surface area contributed by atoms with Crippen molar-refractivity contribution in [2.24, 2.45) is 5.41 Å². The average Bonchev–Trinajstić information content (AvgIpc) is 2.84. The topological polar surface area (TPSA) is 23.5 Å². The summed E-state index contributed by atoms with van der Waals surface area (Å²) in [6.07, 6.45) is 8.76. The van der Waals surface area contributed by atoms with E-state index in [4.69, 9.17) is 0 Å². The number of likely N-dealkylation sites (tertiary alicyclic amines) is 1. The van der Waals surface area contributed by atoms with E-state index in [2.05, 4.69) is 4.90 Å². The molecule has 3 aliphatic rings. The summed E-state index contributed by atoms with van der Waals surface area (Å²) in [5, 5.41) is 10.4. The van der Waals surface area contributed by atoms with Gasteiger partial charge in [0, 0.05) is 19.6 Å². The van der Waals surface area contributed by atoms with Crippen molar-refractivity contribution < 1.29 is 5.11 Å². The molecule has 1 heterocycles. The molecule has 0 amide bonds.